The number of rotatable bonds is 5. The van der Waals surface area contributed by atoms with Crippen molar-refractivity contribution in [3.05, 3.63) is 24.5 Å². The lowest BCUT2D eigenvalue weighted by Gasteiger charge is -2.35. The summed E-state index contributed by atoms with van der Waals surface area (Å²) in [6.45, 7) is 11.5. The van der Waals surface area contributed by atoms with Crippen LogP contribution in [-0.2, 0) is 14.3 Å². The van der Waals surface area contributed by atoms with Gasteiger partial charge >= 0.3 is 6.09 Å². The molecule has 2 heterocycles. The fraction of sp³-hybridized carbons (Fsp3) is 0.619. The van der Waals surface area contributed by atoms with Gasteiger partial charge in [0.05, 0.1) is 30.6 Å². The Labute approximate surface area is 183 Å². The van der Waals surface area contributed by atoms with E-state index in [2.05, 4.69) is 25.9 Å². The molecule has 10 nitrogen and oxygen atoms in total. The molecule has 0 radical (unpaired) electrons. The molecule has 0 saturated carbocycles. The van der Waals surface area contributed by atoms with Gasteiger partial charge in [-0.25, -0.2) is 4.79 Å². The second-order valence-electron chi connectivity index (χ2n) is 8.78. The number of ether oxygens (including phenoxy) is 2. The summed E-state index contributed by atoms with van der Waals surface area (Å²) in [7, 11) is 1.61. The number of aromatic nitrogens is 1. The van der Waals surface area contributed by atoms with Gasteiger partial charge < -0.3 is 25.4 Å². The summed E-state index contributed by atoms with van der Waals surface area (Å²) in [5.74, 6) is 0.201. The Hall–Kier alpha value is -2.88. The molecule has 2 unspecified atom stereocenters. The number of aliphatic imine (C=N–C) groups is 1. The van der Waals surface area contributed by atoms with Crippen molar-refractivity contribution in [2.24, 2.45) is 4.99 Å². The minimum absolute atomic E-state index is 0.0204. The average molecular weight is 435 g/mol. The van der Waals surface area contributed by atoms with E-state index in [4.69, 9.17) is 9.47 Å². The van der Waals surface area contributed by atoms with Crippen LogP contribution in [0.5, 0.6) is 0 Å². The Kier molecular flexibility index (Phi) is 7.83. The summed E-state index contributed by atoms with van der Waals surface area (Å²) in [5, 5.41) is 8.87. The maximum absolute atomic E-state index is 12.8. The third-order valence-electron chi connectivity index (χ3n) is 4.58. The number of carbonyl (C=O) groups excluding carboxylic acids is 2. The molecule has 1 aliphatic rings. The lowest BCUT2D eigenvalue weighted by atomic mass is 10.1. The second kappa shape index (κ2) is 9.95. The van der Waals surface area contributed by atoms with Crippen molar-refractivity contribution in [2.75, 3.05) is 25.5 Å². The van der Waals surface area contributed by atoms with E-state index >= 15 is 0 Å². The van der Waals surface area contributed by atoms with Crippen molar-refractivity contribution in [3.63, 3.8) is 0 Å². The summed E-state index contributed by atoms with van der Waals surface area (Å²) < 4.78 is 11.6. The number of amides is 2. The zero-order valence-corrected chi connectivity index (χ0v) is 19.4. The predicted molar refractivity (Wildman–Crippen MR) is 119 cm³/mol. The van der Waals surface area contributed by atoms with Gasteiger partial charge in [0, 0.05) is 19.8 Å². The first-order valence-electron chi connectivity index (χ1n) is 10.3. The van der Waals surface area contributed by atoms with Crippen molar-refractivity contribution in [1.82, 2.24) is 20.5 Å². The zero-order valence-electron chi connectivity index (χ0n) is 19.4. The number of hydrogen-bond acceptors (Lipinski definition) is 6. The van der Waals surface area contributed by atoms with Gasteiger partial charge in [-0.2, -0.15) is 0 Å². The molecule has 10 heteroatoms. The summed E-state index contributed by atoms with van der Waals surface area (Å²) in [6.07, 6.45) is 2.55. The second-order valence-corrected chi connectivity index (χ2v) is 8.78. The molecule has 0 aromatic carbocycles. The minimum Gasteiger partial charge on any atom is -0.444 e. The van der Waals surface area contributed by atoms with Crippen LogP contribution in [0.1, 0.15) is 41.5 Å². The number of hydrogen-bond donors (Lipinski definition) is 3. The standard InChI is InChI=1S/C21H34N6O4/c1-14-16(27(21(5,6)30-14)19(29)31-20(2,3)4)12-24-18(22-7)25-13-17(28)26-15-9-8-10-23-11-15/h8-11,14,16H,12-13H2,1-7H3,(H,26,28)(H2,22,24,25). The van der Waals surface area contributed by atoms with Gasteiger partial charge in [0.1, 0.15) is 11.3 Å². The van der Waals surface area contributed by atoms with Crippen LogP contribution < -0.4 is 16.0 Å². The van der Waals surface area contributed by atoms with Crippen LogP contribution in [0.15, 0.2) is 29.5 Å². The molecule has 3 N–H and O–H groups in total. The predicted octanol–water partition coefficient (Wildman–Crippen LogP) is 1.95. The van der Waals surface area contributed by atoms with Crippen molar-refractivity contribution >= 4 is 23.6 Å². The molecule has 0 spiro atoms. The Morgan fingerprint density at radius 2 is 2.03 bits per heavy atom. The quantitative estimate of drug-likeness (QED) is 0.479. The van der Waals surface area contributed by atoms with E-state index in [9.17, 15) is 9.59 Å². The fourth-order valence-corrected chi connectivity index (χ4v) is 3.35. The fourth-order valence-electron chi connectivity index (χ4n) is 3.35. The van der Waals surface area contributed by atoms with Gasteiger partial charge in [-0.1, -0.05) is 0 Å². The SMILES string of the molecule is CN=C(NCC(=O)Nc1cccnc1)NCC1C(C)OC(C)(C)N1C(=O)OC(C)(C)C. The third-order valence-corrected chi connectivity index (χ3v) is 4.58. The highest BCUT2D eigenvalue weighted by molar-refractivity contribution is 5.94. The summed E-state index contributed by atoms with van der Waals surface area (Å²) in [6, 6.07) is 3.21. The number of nitrogens with zero attached hydrogens (tertiary/aromatic N) is 3. The van der Waals surface area contributed by atoms with Crippen molar-refractivity contribution < 1.29 is 19.1 Å². The van der Waals surface area contributed by atoms with Gasteiger partial charge in [-0.05, 0) is 53.7 Å². The number of pyridine rings is 1. The molecule has 2 amide bonds. The van der Waals surface area contributed by atoms with Crippen molar-refractivity contribution in [3.8, 4) is 0 Å². The monoisotopic (exact) mass is 434 g/mol. The third kappa shape index (κ3) is 7.09. The Morgan fingerprint density at radius 1 is 1.32 bits per heavy atom. The molecule has 1 aliphatic heterocycles. The normalized spacial score (nSPS) is 20.9. The largest absolute Gasteiger partial charge is 0.444 e. The zero-order chi connectivity index (χ0) is 23.2. The van der Waals surface area contributed by atoms with E-state index in [0.717, 1.165) is 0 Å². The maximum Gasteiger partial charge on any atom is 0.412 e. The number of guanidine groups is 1. The molecule has 1 aromatic rings. The molecular weight excluding hydrogens is 400 g/mol. The topological polar surface area (TPSA) is 117 Å². The molecule has 0 bridgehead atoms. The van der Waals surface area contributed by atoms with Crippen LogP contribution in [0, 0.1) is 0 Å². The molecule has 2 atom stereocenters. The maximum atomic E-state index is 12.8. The first-order valence-corrected chi connectivity index (χ1v) is 10.3. The Balaban J connectivity index is 1.94. The summed E-state index contributed by atoms with van der Waals surface area (Å²) in [4.78, 5) is 34.7. The molecule has 0 aliphatic carbocycles. The molecular formula is C21H34N6O4. The van der Waals surface area contributed by atoms with Gasteiger partial charge in [-0.3, -0.25) is 19.7 Å². The minimum atomic E-state index is -0.811. The van der Waals surface area contributed by atoms with Crippen LogP contribution in [0.3, 0.4) is 0 Å². The first kappa shape index (κ1) is 24.4. The summed E-state index contributed by atoms with van der Waals surface area (Å²) >= 11 is 0. The highest BCUT2D eigenvalue weighted by atomic mass is 16.6. The van der Waals surface area contributed by atoms with E-state index in [1.165, 1.54) is 0 Å². The molecule has 1 fully saturated rings. The van der Waals surface area contributed by atoms with E-state index < -0.39 is 17.4 Å². The highest BCUT2D eigenvalue weighted by Crippen LogP contribution is 2.33. The van der Waals surface area contributed by atoms with Crippen molar-refractivity contribution in [2.45, 2.75) is 65.0 Å². The molecule has 1 saturated heterocycles. The molecule has 172 valence electrons. The van der Waals surface area contributed by atoms with Crippen LogP contribution in [0.4, 0.5) is 10.5 Å². The number of nitrogens with one attached hydrogen (secondary N) is 3. The van der Waals surface area contributed by atoms with Gasteiger partial charge in [-0.15, -0.1) is 0 Å². The smallest absolute Gasteiger partial charge is 0.412 e. The van der Waals surface area contributed by atoms with E-state index in [1.807, 2.05) is 41.5 Å². The van der Waals surface area contributed by atoms with Gasteiger partial charge in [0.15, 0.2) is 5.96 Å². The van der Waals surface area contributed by atoms with E-state index in [1.54, 1.807) is 36.5 Å². The number of carbonyl (C=O) groups is 2. The lowest BCUT2D eigenvalue weighted by Crippen LogP contribution is -2.54. The van der Waals surface area contributed by atoms with Crippen LogP contribution in [0.2, 0.25) is 0 Å². The van der Waals surface area contributed by atoms with Gasteiger partial charge in [0.25, 0.3) is 0 Å². The van der Waals surface area contributed by atoms with Crippen LogP contribution in [0.25, 0.3) is 0 Å². The number of anilines is 1. The Bertz CT molecular complexity index is 791. The molecule has 31 heavy (non-hydrogen) atoms. The van der Waals surface area contributed by atoms with Crippen LogP contribution in [-0.4, -0.2) is 71.5 Å². The molecule has 2 rings (SSSR count). The molecule has 1 aromatic heterocycles. The van der Waals surface area contributed by atoms with E-state index in [-0.39, 0.29) is 24.6 Å². The highest BCUT2D eigenvalue weighted by Gasteiger charge is 2.49. The van der Waals surface area contributed by atoms with E-state index in [0.29, 0.717) is 18.2 Å². The summed E-state index contributed by atoms with van der Waals surface area (Å²) in [5.41, 5.74) is -0.811. The lowest BCUT2D eigenvalue weighted by molar-refractivity contribution is -0.115. The van der Waals surface area contributed by atoms with Crippen molar-refractivity contribution in [1.29, 1.82) is 0 Å². The first-order chi connectivity index (χ1) is 14.4. The van der Waals surface area contributed by atoms with Gasteiger partial charge in [0.2, 0.25) is 5.91 Å². The van der Waals surface area contributed by atoms with Crippen LogP contribution >= 0.6 is 0 Å². The Morgan fingerprint density at radius 3 is 2.61 bits per heavy atom. The average Bonchev–Trinajstić information content (AvgIpc) is 2.89.